The standard InChI is InChI=1S/C14H15N3O5S/c1-3-22-13(19)11-8-15-14(16-11)17-12(18)9-4-6-10(7-5-9)23(2,20)21/h4-8H,3H2,1-2H3,(H2,15,16,17,18). The van der Waals surface area contributed by atoms with Crippen molar-refractivity contribution in [3.63, 3.8) is 0 Å². The SMILES string of the molecule is CCOC(=O)c1cnc(NC(=O)c2ccc(S(C)(=O)=O)cc2)[nH]1. The summed E-state index contributed by atoms with van der Waals surface area (Å²) in [5.41, 5.74) is 0.376. The Morgan fingerprint density at radius 3 is 2.48 bits per heavy atom. The number of H-pyrrole nitrogens is 1. The van der Waals surface area contributed by atoms with Gasteiger partial charge in [0.2, 0.25) is 5.95 Å². The first-order valence-corrected chi connectivity index (χ1v) is 8.54. The summed E-state index contributed by atoms with van der Waals surface area (Å²) in [5.74, 6) is -0.974. The number of nitrogens with one attached hydrogen (secondary N) is 2. The van der Waals surface area contributed by atoms with Crippen molar-refractivity contribution in [2.45, 2.75) is 11.8 Å². The van der Waals surface area contributed by atoms with E-state index in [1.807, 2.05) is 0 Å². The number of esters is 1. The summed E-state index contributed by atoms with van der Waals surface area (Å²) in [6.45, 7) is 1.91. The molecule has 0 atom stereocenters. The van der Waals surface area contributed by atoms with Crippen molar-refractivity contribution in [3.05, 3.63) is 41.7 Å². The second-order valence-corrected chi connectivity index (χ2v) is 6.63. The van der Waals surface area contributed by atoms with Crippen molar-refractivity contribution in [2.75, 3.05) is 18.2 Å². The lowest BCUT2D eigenvalue weighted by molar-refractivity contribution is 0.0520. The Bertz CT molecular complexity index is 824. The van der Waals surface area contributed by atoms with E-state index in [1.165, 1.54) is 30.5 Å². The Morgan fingerprint density at radius 2 is 1.91 bits per heavy atom. The van der Waals surface area contributed by atoms with Crippen LogP contribution >= 0.6 is 0 Å². The number of imidazole rings is 1. The van der Waals surface area contributed by atoms with Crippen molar-refractivity contribution >= 4 is 27.7 Å². The highest BCUT2D eigenvalue weighted by Gasteiger charge is 2.14. The van der Waals surface area contributed by atoms with Gasteiger partial charge in [-0.25, -0.2) is 18.2 Å². The third kappa shape index (κ3) is 4.16. The molecule has 0 saturated carbocycles. The molecule has 2 aromatic rings. The molecule has 0 aliphatic rings. The molecule has 122 valence electrons. The number of carbonyl (C=O) groups is 2. The summed E-state index contributed by atoms with van der Waals surface area (Å²) in [5, 5.41) is 2.47. The van der Waals surface area contributed by atoms with Crippen LogP contribution in [0.3, 0.4) is 0 Å². The molecule has 0 spiro atoms. The van der Waals surface area contributed by atoms with E-state index in [0.29, 0.717) is 0 Å². The van der Waals surface area contributed by atoms with Crippen LogP contribution in [0.1, 0.15) is 27.8 Å². The van der Waals surface area contributed by atoms with Gasteiger partial charge in [-0.05, 0) is 31.2 Å². The van der Waals surface area contributed by atoms with Crippen LogP contribution in [0.2, 0.25) is 0 Å². The molecule has 1 amide bonds. The normalized spacial score (nSPS) is 11.0. The van der Waals surface area contributed by atoms with Crippen LogP contribution in [-0.4, -0.2) is 43.1 Å². The van der Waals surface area contributed by atoms with E-state index in [-0.39, 0.29) is 28.7 Å². The zero-order valence-corrected chi connectivity index (χ0v) is 13.3. The zero-order valence-electron chi connectivity index (χ0n) is 12.5. The molecule has 2 N–H and O–H groups in total. The second-order valence-electron chi connectivity index (χ2n) is 4.62. The van der Waals surface area contributed by atoms with E-state index < -0.39 is 21.7 Å². The van der Waals surface area contributed by atoms with Gasteiger partial charge >= 0.3 is 5.97 Å². The molecule has 0 aliphatic carbocycles. The van der Waals surface area contributed by atoms with Gasteiger partial charge in [-0.1, -0.05) is 0 Å². The van der Waals surface area contributed by atoms with Crippen LogP contribution in [0.4, 0.5) is 5.95 Å². The third-order valence-corrected chi connectivity index (χ3v) is 3.98. The van der Waals surface area contributed by atoms with Crippen molar-refractivity contribution in [2.24, 2.45) is 0 Å². The van der Waals surface area contributed by atoms with Crippen molar-refractivity contribution in [1.29, 1.82) is 0 Å². The van der Waals surface area contributed by atoms with E-state index in [4.69, 9.17) is 4.74 Å². The fraction of sp³-hybridized carbons (Fsp3) is 0.214. The van der Waals surface area contributed by atoms with Crippen LogP contribution in [0.5, 0.6) is 0 Å². The van der Waals surface area contributed by atoms with Gasteiger partial charge in [-0.15, -0.1) is 0 Å². The Balaban J connectivity index is 2.09. The Hall–Kier alpha value is -2.68. The second kappa shape index (κ2) is 6.61. The minimum Gasteiger partial charge on any atom is -0.461 e. The molecule has 0 bridgehead atoms. The fourth-order valence-corrected chi connectivity index (χ4v) is 2.36. The summed E-state index contributed by atoms with van der Waals surface area (Å²) in [6.07, 6.45) is 2.34. The number of rotatable bonds is 5. The number of carbonyl (C=O) groups excluding carboxylic acids is 2. The number of ether oxygens (including phenoxy) is 1. The molecule has 8 nitrogen and oxygen atoms in total. The fourth-order valence-electron chi connectivity index (χ4n) is 1.73. The molecule has 23 heavy (non-hydrogen) atoms. The van der Waals surface area contributed by atoms with Gasteiger partial charge in [-0.2, -0.15) is 0 Å². The average Bonchev–Trinajstić information content (AvgIpc) is 2.95. The van der Waals surface area contributed by atoms with Crippen LogP contribution < -0.4 is 5.32 Å². The van der Waals surface area contributed by atoms with Crippen molar-refractivity contribution in [3.8, 4) is 0 Å². The summed E-state index contributed by atoms with van der Waals surface area (Å²) in [6, 6.07) is 5.47. The molecule has 0 fully saturated rings. The maximum Gasteiger partial charge on any atom is 0.356 e. The van der Waals surface area contributed by atoms with Crippen LogP contribution in [0.15, 0.2) is 35.4 Å². The highest BCUT2D eigenvalue weighted by Crippen LogP contribution is 2.12. The van der Waals surface area contributed by atoms with Gasteiger partial charge in [0.25, 0.3) is 5.91 Å². The van der Waals surface area contributed by atoms with E-state index in [9.17, 15) is 18.0 Å². The lowest BCUT2D eigenvalue weighted by Gasteiger charge is -2.03. The number of hydrogen-bond donors (Lipinski definition) is 2. The Labute approximate surface area is 132 Å². The molecule has 9 heteroatoms. The molecular weight excluding hydrogens is 322 g/mol. The summed E-state index contributed by atoms with van der Waals surface area (Å²) < 4.78 is 27.5. The Morgan fingerprint density at radius 1 is 1.26 bits per heavy atom. The number of sulfone groups is 1. The molecule has 1 heterocycles. The number of benzene rings is 1. The van der Waals surface area contributed by atoms with Crippen LogP contribution in [0.25, 0.3) is 0 Å². The van der Waals surface area contributed by atoms with Crippen molar-refractivity contribution in [1.82, 2.24) is 9.97 Å². The molecule has 0 radical (unpaired) electrons. The number of aromatic nitrogens is 2. The first kappa shape index (κ1) is 16.7. The molecule has 0 saturated heterocycles. The number of nitrogens with zero attached hydrogens (tertiary/aromatic N) is 1. The van der Waals surface area contributed by atoms with Gasteiger partial charge in [0.1, 0.15) is 5.69 Å². The molecule has 2 rings (SSSR count). The minimum atomic E-state index is -3.32. The number of amides is 1. The molecule has 0 aliphatic heterocycles. The predicted octanol–water partition coefficient (Wildman–Crippen LogP) is 1.24. The topological polar surface area (TPSA) is 118 Å². The van der Waals surface area contributed by atoms with Gasteiger partial charge in [0, 0.05) is 11.8 Å². The zero-order chi connectivity index (χ0) is 17.0. The summed E-state index contributed by atoms with van der Waals surface area (Å²) >= 11 is 0. The van der Waals surface area contributed by atoms with Crippen LogP contribution in [-0.2, 0) is 14.6 Å². The van der Waals surface area contributed by atoms with Crippen LogP contribution in [0, 0.1) is 0 Å². The van der Waals surface area contributed by atoms with E-state index in [2.05, 4.69) is 15.3 Å². The Kier molecular flexibility index (Phi) is 4.80. The lowest BCUT2D eigenvalue weighted by atomic mass is 10.2. The molecule has 0 unspecified atom stereocenters. The van der Waals surface area contributed by atoms with Gasteiger partial charge in [0.05, 0.1) is 17.7 Å². The quantitative estimate of drug-likeness (QED) is 0.793. The minimum absolute atomic E-state index is 0.0882. The van der Waals surface area contributed by atoms with Gasteiger partial charge < -0.3 is 9.72 Å². The number of anilines is 1. The van der Waals surface area contributed by atoms with Gasteiger partial charge in [-0.3, -0.25) is 10.1 Å². The molecule has 1 aromatic carbocycles. The highest BCUT2D eigenvalue weighted by molar-refractivity contribution is 7.90. The monoisotopic (exact) mass is 337 g/mol. The first-order chi connectivity index (χ1) is 10.8. The summed E-state index contributed by atoms with van der Waals surface area (Å²) in [7, 11) is -3.32. The maximum atomic E-state index is 12.0. The first-order valence-electron chi connectivity index (χ1n) is 6.65. The number of hydrogen-bond acceptors (Lipinski definition) is 6. The van der Waals surface area contributed by atoms with E-state index in [0.717, 1.165) is 6.26 Å². The maximum absolute atomic E-state index is 12.0. The predicted molar refractivity (Wildman–Crippen MR) is 82.0 cm³/mol. The van der Waals surface area contributed by atoms with Crippen molar-refractivity contribution < 1.29 is 22.7 Å². The summed E-state index contributed by atoms with van der Waals surface area (Å²) in [4.78, 5) is 30.1. The largest absolute Gasteiger partial charge is 0.461 e. The van der Waals surface area contributed by atoms with Gasteiger partial charge in [0.15, 0.2) is 9.84 Å². The van der Waals surface area contributed by atoms with E-state index in [1.54, 1.807) is 6.92 Å². The third-order valence-electron chi connectivity index (χ3n) is 2.85. The highest BCUT2D eigenvalue weighted by atomic mass is 32.2. The number of aromatic amines is 1. The van der Waals surface area contributed by atoms with E-state index >= 15 is 0 Å². The molecule has 1 aromatic heterocycles. The molecular formula is C14H15N3O5S. The smallest absolute Gasteiger partial charge is 0.356 e. The average molecular weight is 337 g/mol. The lowest BCUT2D eigenvalue weighted by Crippen LogP contribution is -2.13.